The van der Waals surface area contributed by atoms with Gasteiger partial charge in [0.25, 0.3) is 5.56 Å². The van der Waals surface area contributed by atoms with Crippen LogP contribution in [0, 0.1) is 0 Å². The molecule has 2 saturated heterocycles. The Bertz CT molecular complexity index is 546. The van der Waals surface area contributed by atoms with Crippen molar-refractivity contribution in [1.82, 2.24) is 14.4 Å². The molecule has 1 aromatic heterocycles. The van der Waals surface area contributed by atoms with Crippen molar-refractivity contribution in [2.75, 3.05) is 26.2 Å². The first kappa shape index (κ1) is 14.3. The van der Waals surface area contributed by atoms with Crippen LogP contribution in [0.4, 0.5) is 0 Å². The topological polar surface area (TPSA) is 45.6 Å². The number of piperidine rings is 1. The maximum Gasteiger partial charge on any atom is 0.250 e. The van der Waals surface area contributed by atoms with E-state index in [1.807, 2.05) is 12.3 Å². The van der Waals surface area contributed by atoms with Crippen LogP contribution < -0.4 is 5.56 Å². The van der Waals surface area contributed by atoms with E-state index in [-0.39, 0.29) is 5.56 Å². The van der Waals surface area contributed by atoms with E-state index >= 15 is 0 Å². The molecule has 0 unspecified atom stereocenters. The number of likely N-dealkylation sites (tertiary alicyclic amines) is 2. The van der Waals surface area contributed by atoms with Crippen LogP contribution in [-0.2, 0) is 11.3 Å². The van der Waals surface area contributed by atoms with Crippen molar-refractivity contribution >= 4 is 5.91 Å². The van der Waals surface area contributed by atoms with E-state index < -0.39 is 0 Å². The second kappa shape index (κ2) is 6.43. The van der Waals surface area contributed by atoms with Gasteiger partial charge in [-0.15, -0.1) is 0 Å². The Kier molecular flexibility index (Phi) is 4.39. The lowest BCUT2D eigenvalue weighted by atomic mass is 10.0. The van der Waals surface area contributed by atoms with Gasteiger partial charge >= 0.3 is 0 Å². The molecule has 114 valence electrons. The Morgan fingerprint density at radius 3 is 2.52 bits per heavy atom. The number of pyridine rings is 1. The molecule has 5 heteroatoms. The first-order valence-corrected chi connectivity index (χ1v) is 7.91. The van der Waals surface area contributed by atoms with Gasteiger partial charge in [0, 0.05) is 57.4 Å². The maximum absolute atomic E-state index is 11.8. The van der Waals surface area contributed by atoms with Crippen LogP contribution in [0.25, 0.3) is 0 Å². The third-order valence-corrected chi connectivity index (χ3v) is 4.66. The quantitative estimate of drug-likeness (QED) is 0.828. The lowest BCUT2D eigenvalue weighted by Gasteiger charge is -2.36. The second-order valence-electron chi connectivity index (χ2n) is 6.00. The van der Waals surface area contributed by atoms with Gasteiger partial charge in [0.2, 0.25) is 5.91 Å². The molecule has 2 fully saturated rings. The highest BCUT2D eigenvalue weighted by molar-refractivity contribution is 5.78. The van der Waals surface area contributed by atoms with Crippen LogP contribution >= 0.6 is 0 Å². The van der Waals surface area contributed by atoms with Gasteiger partial charge in [-0.1, -0.05) is 6.07 Å². The molecule has 0 aliphatic carbocycles. The summed E-state index contributed by atoms with van der Waals surface area (Å²) >= 11 is 0. The fourth-order valence-corrected chi connectivity index (χ4v) is 3.40. The Morgan fingerprint density at radius 2 is 1.86 bits per heavy atom. The molecule has 0 aromatic carbocycles. The number of rotatable bonds is 4. The van der Waals surface area contributed by atoms with Crippen molar-refractivity contribution in [1.29, 1.82) is 0 Å². The number of nitrogens with zero attached hydrogens (tertiary/aromatic N) is 3. The summed E-state index contributed by atoms with van der Waals surface area (Å²) in [6.45, 7) is 4.65. The van der Waals surface area contributed by atoms with Crippen molar-refractivity contribution < 1.29 is 4.79 Å². The molecular formula is C16H23N3O2. The predicted octanol–water partition coefficient (Wildman–Crippen LogP) is 0.935. The number of aromatic nitrogens is 1. The van der Waals surface area contributed by atoms with Gasteiger partial charge in [-0.05, 0) is 25.3 Å². The van der Waals surface area contributed by atoms with Crippen LogP contribution in [0.5, 0.6) is 0 Å². The van der Waals surface area contributed by atoms with Gasteiger partial charge < -0.3 is 14.4 Å². The van der Waals surface area contributed by atoms with E-state index in [1.165, 1.54) is 0 Å². The van der Waals surface area contributed by atoms with E-state index in [9.17, 15) is 9.59 Å². The lowest BCUT2D eigenvalue weighted by molar-refractivity contribution is -0.130. The highest BCUT2D eigenvalue weighted by Crippen LogP contribution is 2.21. The zero-order chi connectivity index (χ0) is 14.7. The molecule has 1 amide bonds. The average Bonchev–Trinajstić information content (AvgIpc) is 2.93. The summed E-state index contributed by atoms with van der Waals surface area (Å²) in [6.07, 6.45) is 5.73. The molecule has 5 nitrogen and oxygen atoms in total. The Morgan fingerprint density at radius 1 is 1.05 bits per heavy atom. The molecule has 0 N–H and O–H groups in total. The average molecular weight is 289 g/mol. The molecule has 0 radical (unpaired) electrons. The summed E-state index contributed by atoms with van der Waals surface area (Å²) in [6, 6.07) is 5.71. The van der Waals surface area contributed by atoms with E-state index in [2.05, 4.69) is 9.80 Å². The second-order valence-corrected chi connectivity index (χ2v) is 6.00. The Balaban J connectivity index is 1.47. The lowest BCUT2D eigenvalue weighted by Crippen LogP contribution is -2.46. The molecule has 1 aromatic rings. The summed E-state index contributed by atoms with van der Waals surface area (Å²) < 4.78 is 1.76. The van der Waals surface area contributed by atoms with Crippen molar-refractivity contribution in [2.24, 2.45) is 0 Å². The number of amides is 1. The number of carbonyl (C=O) groups excluding carboxylic acids is 1. The first-order chi connectivity index (χ1) is 10.2. The highest BCUT2D eigenvalue weighted by Gasteiger charge is 2.30. The highest BCUT2D eigenvalue weighted by atomic mass is 16.2. The zero-order valence-corrected chi connectivity index (χ0v) is 12.4. The molecule has 0 bridgehead atoms. The van der Waals surface area contributed by atoms with E-state index in [0.717, 1.165) is 58.4 Å². The molecule has 21 heavy (non-hydrogen) atoms. The molecule has 0 saturated carbocycles. The van der Waals surface area contributed by atoms with Gasteiger partial charge in [0.15, 0.2) is 0 Å². The summed E-state index contributed by atoms with van der Waals surface area (Å²) in [5.74, 6) is 0.337. The van der Waals surface area contributed by atoms with Crippen LogP contribution in [0.1, 0.15) is 25.7 Å². The largest absolute Gasteiger partial charge is 0.340 e. The summed E-state index contributed by atoms with van der Waals surface area (Å²) in [5.41, 5.74) is 0.0649. The summed E-state index contributed by atoms with van der Waals surface area (Å²) in [4.78, 5) is 27.9. The van der Waals surface area contributed by atoms with Crippen LogP contribution in [0.2, 0.25) is 0 Å². The van der Waals surface area contributed by atoms with E-state index in [4.69, 9.17) is 0 Å². The molecule has 0 atom stereocenters. The summed E-state index contributed by atoms with van der Waals surface area (Å²) in [5, 5.41) is 0. The monoisotopic (exact) mass is 289 g/mol. The van der Waals surface area contributed by atoms with Gasteiger partial charge in [0.05, 0.1) is 0 Å². The number of carbonyl (C=O) groups is 1. The molecule has 2 aliphatic heterocycles. The standard InChI is InChI=1S/C16H23N3O2/c20-15-4-1-2-8-18(15)13-12-17-10-6-14(7-11-17)19-9-3-5-16(19)21/h1-2,4,8,14H,3,5-7,9-13H2. The Labute approximate surface area is 125 Å². The number of hydrogen-bond acceptors (Lipinski definition) is 3. The van der Waals surface area contributed by atoms with E-state index in [1.54, 1.807) is 16.7 Å². The molecule has 2 aliphatic rings. The maximum atomic E-state index is 11.8. The third kappa shape index (κ3) is 3.35. The predicted molar refractivity (Wildman–Crippen MR) is 81.1 cm³/mol. The SMILES string of the molecule is O=C1CCCN1C1CCN(CCn2ccccc2=O)CC1. The molecule has 3 heterocycles. The van der Waals surface area contributed by atoms with Crippen molar-refractivity contribution in [3.63, 3.8) is 0 Å². The fourth-order valence-electron chi connectivity index (χ4n) is 3.40. The minimum atomic E-state index is 0.0649. The zero-order valence-electron chi connectivity index (χ0n) is 12.4. The van der Waals surface area contributed by atoms with Gasteiger partial charge in [-0.3, -0.25) is 9.59 Å². The van der Waals surface area contributed by atoms with Crippen molar-refractivity contribution in [2.45, 2.75) is 38.3 Å². The smallest absolute Gasteiger partial charge is 0.250 e. The summed E-state index contributed by atoms with van der Waals surface area (Å²) in [7, 11) is 0. The first-order valence-electron chi connectivity index (χ1n) is 7.91. The van der Waals surface area contributed by atoms with Crippen LogP contribution in [0.15, 0.2) is 29.2 Å². The normalized spacial score (nSPS) is 21.1. The minimum absolute atomic E-state index is 0.0649. The van der Waals surface area contributed by atoms with Gasteiger partial charge in [-0.25, -0.2) is 0 Å². The van der Waals surface area contributed by atoms with Gasteiger partial charge in [-0.2, -0.15) is 0 Å². The third-order valence-electron chi connectivity index (χ3n) is 4.66. The Hall–Kier alpha value is -1.62. The van der Waals surface area contributed by atoms with Crippen molar-refractivity contribution in [3.05, 3.63) is 34.7 Å². The van der Waals surface area contributed by atoms with Gasteiger partial charge in [0.1, 0.15) is 0 Å². The van der Waals surface area contributed by atoms with E-state index in [0.29, 0.717) is 11.9 Å². The number of hydrogen-bond donors (Lipinski definition) is 0. The minimum Gasteiger partial charge on any atom is -0.340 e. The van der Waals surface area contributed by atoms with Crippen LogP contribution in [0.3, 0.4) is 0 Å². The van der Waals surface area contributed by atoms with Crippen LogP contribution in [-0.4, -0.2) is 52.5 Å². The fraction of sp³-hybridized carbons (Fsp3) is 0.625. The molecule has 0 spiro atoms. The molecular weight excluding hydrogens is 266 g/mol. The molecule has 3 rings (SSSR count). The van der Waals surface area contributed by atoms with Crippen molar-refractivity contribution in [3.8, 4) is 0 Å².